The zero-order valence-electron chi connectivity index (χ0n) is 13.2. The fraction of sp³-hybridized carbons (Fsp3) is 0.500. The normalized spacial score (nSPS) is 18.8. The molecule has 2 aliphatic rings. The Morgan fingerprint density at radius 2 is 1.83 bits per heavy atom. The van der Waals surface area contributed by atoms with Crippen LogP contribution in [0.25, 0.3) is 0 Å². The average Bonchev–Trinajstić information content (AvgIpc) is 2.98. The molecular formula is C16H19F2N3O3. The molecule has 6 nitrogen and oxygen atoms in total. The highest BCUT2D eigenvalue weighted by molar-refractivity contribution is 5.94. The Morgan fingerprint density at radius 3 is 2.46 bits per heavy atom. The van der Waals surface area contributed by atoms with E-state index in [9.17, 15) is 18.4 Å². The van der Waals surface area contributed by atoms with E-state index in [1.54, 1.807) is 9.80 Å². The Morgan fingerprint density at radius 1 is 1.08 bits per heavy atom. The van der Waals surface area contributed by atoms with Gasteiger partial charge in [0.1, 0.15) is 18.2 Å². The topological polar surface area (TPSA) is 53.1 Å². The van der Waals surface area contributed by atoms with Gasteiger partial charge in [0.25, 0.3) is 5.91 Å². The van der Waals surface area contributed by atoms with Gasteiger partial charge in [-0.3, -0.25) is 9.69 Å². The number of rotatable bonds is 4. The first-order valence-electron chi connectivity index (χ1n) is 7.93. The van der Waals surface area contributed by atoms with Gasteiger partial charge >= 0.3 is 6.09 Å². The molecule has 0 bridgehead atoms. The predicted octanol–water partition coefficient (Wildman–Crippen LogP) is 1.17. The van der Waals surface area contributed by atoms with Crippen LogP contribution in [0.4, 0.5) is 13.6 Å². The molecule has 2 aliphatic heterocycles. The molecule has 130 valence electrons. The van der Waals surface area contributed by atoms with Crippen molar-refractivity contribution in [1.29, 1.82) is 0 Å². The maximum atomic E-state index is 13.7. The summed E-state index contributed by atoms with van der Waals surface area (Å²) in [5.41, 5.74) is -0.107. The van der Waals surface area contributed by atoms with Gasteiger partial charge in [-0.05, 0) is 12.1 Å². The van der Waals surface area contributed by atoms with Crippen molar-refractivity contribution in [2.24, 2.45) is 0 Å². The fourth-order valence-corrected chi connectivity index (χ4v) is 2.90. The number of nitrogens with zero attached hydrogens (tertiary/aromatic N) is 3. The third kappa shape index (κ3) is 3.64. The van der Waals surface area contributed by atoms with Crippen molar-refractivity contribution >= 4 is 12.0 Å². The first kappa shape index (κ1) is 16.6. The van der Waals surface area contributed by atoms with E-state index in [1.165, 1.54) is 6.07 Å². The van der Waals surface area contributed by atoms with Crippen LogP contribution < -0.4 is 0 Å². The van der Waals surface area contributed by atoms with Gasteiger partial charge in [0, 0.05) is 45.3 Å². The van der Waals surface area contributed by atoms with E-state index in [4.69, 9.17) is 4.74 Å². The van der Waals surface area contributed by atoms with Crippen LogP contribution in [0.3, 0.4) is 0 Å². The molecule has 0 aliphatic carbocycles. The lowest BCUT2D eigenvalue weighted by molar-refractivity contribution is 0.0625. The number of piperazine rings is 1. The van der Waals surface area contributed by atoms with Crippen LogP contribution in [-0.4, -0.2) is 79.1 Å². The summed E-state index contributed by atoms with van der Waals surface area (Å²) < 4.78 is 31.5. The summed E-state index contributed by atoms with van der Waals surface area (Å²) in [5, 5.41) is 0. The third-order valence-corrected chi connectivity index (χ3v) is 4.35. The second-order valence-corrected chi connectivity index (χ2v) is 5.86. The maximum absolute atomic E-state index is 13.7. The molecular weight excluding hydrogens is 320 g/mol. The molecule has 0 unspecified atom stereocenters. The Balaban J connectivity index is 1.49. The van der Waals surface area contributed by atoms with Crippen molar-refractivity contribution < 1.29 is 23.1 Å². The number of hydrogen-bond acceptors (Lipinski definition) is 4. The summed E-state index contributed by atoms with van der Waals surface area (Å²) >= 11 is 0. The van der Waals surface area contributed by atoms with Crippen molar-refractivity contribution in [1.82, 2.24) is 14.7 Å². The van der Waals surface area contributed by atoms with Gasteiger partial charge in [0.05, 0.1) is 12.1 Å². The minimum Gasteiger partial charge on any atom is -0.448 e. The number of carbonyl (C=O) groups excluding carboxylic acids is 2. The summed E-state index contributed by atoms with van der Waals surface area (Å²) in [6, 6.07) is 2.98. The smallest absolute Gasteiger partial charge is 0.409 e. The van der Waals surface area contributed by atoms with E-state index in [-0.39, 0.29) is 11.7 Å². The van der Waals surface area contributed by atoms with E-state index in [2.05, 4.69) is 4.90 Å². The van der Waals surface area contributed by atoms with Gasteiger partial charge in [0.15, 0.2) is 0 Å². The number of carbonyl (C=O) groups is 2. The standard InChI is InChI=1S/C16H19F2N3O3/c17-12-1-2-13(14(18)11-12)15(22)20-6-3-19(4-7-20)5-8-21-9-10-24-16(21)23/h1-2,11H,3-10H2. The molecule has 0 N–H and O–H groups in total. The minimum absolute atomic E-state index is 0.107. The highest BCUT2D eigenvalue weighted by Crippen LogP contribution is 2.14. The van der Waals surface area contributed by atoms with Crippen LogP contribution in [0.1, 0.15) is 10.4 Å². The van der Waals surface area contributed by atoms with Gasteiger partial charge in [0.2, 0.25) is 0 Å². The molecule has 2 saturated heterocycles. The summed E-state index contributed by atoms with van der Waals surface area (Å²) in [6.45, 7) is 4.60. The molecule has 3 rings (SSSR count). The van der Waals surface area contributed by atoms with E-state index in [0.717, 1.165) is 12.1 Å². The summed E-state index contributed by atoms with van der Waals surface area (Å²) in [5.74, 6) is -1.96. The molecule has 2 heterocycles. The van der Waals surface area contributed by atoms with Crippen molar-refractivity contribution in [2.45, 2.75) is 0 Å². The molecule has 0 aromatic heterocycles. The maximum Gasteiger partial charge on any atom is 0.409 e. The number of cyclic esters (lactones) is 1. The van der Waals surface area contributed by atoms with Gasteiger partial charge in [-0.25, -0.2) is 13.6 Å². The van der Waals surface area contributed by atoms with Crippen LogP contribution in [0.5, 0.6) is 0 Å². The molecule has 0 atom stereocenters. The lowest BCUT2D eigenvalue weighted by Gasteiger charge is -2.35. The fourth-order valence-electron chi connectivity index (χ4n) is 2.90. The van der Waals surface area contributed by atoms with Crippen LogP contribution in [0, 0.1) is 11.6 Å². The van der Waals surface area contributed by atoms with E-state index < -0.39 is 17.5 Å². The van der Waals surface area contributed by atoms with Crippen LogP contribution in [-0.2, 0) is 4.74 Å². The van der Waals surface area contributed by atoms with E-state index >= 15 is 0 Å². The molecule has 1 aromatic rings. The zero-order valence-corrected chi connectivity index (χ0v) is 13.2. The SMILES string of the molecule is O=C1OCCN1CCN1CCN(C(=O)c2ccc(F)cc2F)CC1. The lowest BCUT2D eigenvalue weighted by atomic mass is 10.1. The van der Waals surface area contributed by atoms with E-state index in [0.29, 0.717) is 52.4 Å². The average molecular weight is 339 g/mol. The van der Waals surface area contributed by atoms with Gasteiger partial charge < -0.3 is 14.5 Å². The second kappa shape index (κ2) is 7.12. The first-order valence-corrected chi connectivity index (χ1v) is 7.93. The van der Waals surface area contributed by atoms with Crippen LogP contribution in [0.15, 0.2) is 18.2 Å². The third-order valence-electron chi connectivity index (χ3n) is 4.35. The summed E-state index contributed by atoms with van der Waals surface area (Å²) in [6.07, 6.45) is -0.282. The van der Waals surface area contributed by atoms with E-state index in [1.807, 2.05) is 0 Å². The summed E-state index contributed by atoms with van der Waals surface area (Å²) in [7, 11) is 0. The molecule has 0 spiro atoms. The van der Waals surface area contributed by atoms with Crippen molar-refractivity contribution in [3.05, 3.63) is 35.4 Å². The largest absolute Gasteiger partial charge is 0.448 e. The second-order valence-electron chi connectivity index (χ2n) is 5.86. The highest BCUT2D eigenvalue weighted by atomic mass is 19.1. The van der Waals surface area contributed by atoms with Gasteiger partial charge in [-0.15, -0.1) is 0 Å². The Hall–Kier alpha value is -2.22. The van der Waals surface area contributed by atoms with Crippen molar-refractivity contribution in [2.75, 3.05) is 52.4 Å². The molecule has 8 heteroatoms. The highest BCUT2D eigenvalue weighted by Gasteiger charge is 2.26. The van der Waals surface area contributed by atoms with Crippen LogP contribution in [0.2, 0.25) is 0 Å². The Bertz CT molecular complexity index is 633. The molecule has 1 aromatic carbocycles. The summed E-state index contributed by atoms with van der Waals surface area (Å²) in [4.78, 5) is 29.1. The predicted molar refractivity (Wildman–Crippen MR) is 81.6 cm³/mol. The monoisotopic (exact) mass is 339 g/mol. The van der Waals surface area contributed by atoms with Gasteiger partial charge in [-0.2, -0.15) is 0 Å². The number of hydrogen-bond donors (Lipinski definition) is 0. The molecule has 0 saturated carbocycles. The minimum atomic E-state index is -0.838. The number of ether oxygens (including phenoxy) is 1. The zero-order chi connectivity index (χ0) is 17.1. The molecule has 0 radical (unpaired) electrons. The number of halogens is 2. The van der Waals surface area contributed by atoms with Gasteiger partial charge in [-0.1, -0.05) is 0 Å². The quantitative estimate of drug-likeness (QED) is 0.827. The Labute approximate surface area is 138 Å². The van der Waals surface area contributed by atoms with Crippen molar-refractivity contribution in [3.8, 4) is 0 Å². The first-order chi connectivity index (χ1) is 11.5. The van der Waals surface area contributed by atoms with Crippen molar-refractivity contribution in [3.63, 3.8) is 0 Å². The molecule has 2 amide bonds. The number of amides is 2. The molecule has 2 fully saturated rings. The van der Waals surface area contributed by atoms with Crippen LogP contribution >= 0.6 is 0 Å². The molecule has 24 heavy (non-hydrogen) atoms. The Kier molecular flexibility index (Phi) is 4.94. The lowest BCUT2D eigenvalue weighted by Crippen LogP contribution is -2.50. The number of benzene rings is 1.